The van der Waals surface area contributed by atoms with Gasteiger partial charge in [-0.15, -0.1) is 0 Å². The predicted molar refractivity (Wildman–Crippen MR) is 116 cm³/mol. The summed E-state index contributed by atoms with van der Waals surface area (Å²) in [6.45, 7) is -0.947. The van der Waals surface area contributed by atoms with Crippen LogP contribution in [0.5, 0.6) is 0 Å². The van der Waals surface area contributed by atoms with E-state index in [1.165, 1.54) is 16.9 Å². The van der Waals surface area contributed by atoms with Crippen molar-refractivity contribution >= 4 is 28.7 Å². The van der Waals surface area contributed by atoms with E-state index in [0.717, 1.165) is 22.8 Å². The Morgan fingerprint density at radius 1 is 1.12 bits per heavy atom. The summed E-state index contributed by atoms with van der Waals surface area (Å²) in [6.07, 6.45) is -1.83. The minimum Gasteiger partial charge on any atom is -0.392 e. The molecular formula is C22H16ClF3N4O3. The van der Waals surface area contributed by atoms with Crippen LogP contribution in [-0.4, -0.2) is 25.2 Å². The molecule has 2 heterocycles. The Kier molecular flexibility index (Phi) is 5.96. The van der Waals surface area contributed by atoms with E-state index in [9.17, 15) is 27.9 Å². The Balaban J connectivity index is 1.66. The Hall–Kier alpha value is -3.63. The molecule has 0 aliphatic rings. The number of carbonyl (C=O) groups excluding carboxylic acids is 1. The standard InChI is InChI=1S/C22H16ClF3N4O3/c23-16-7-6-14(22(24,25)26)10-17(16)27-18(32)11-29-8-9-30-20(21(29)33)15(12-31)19(28-30)13-4-2-1-3-5-13/h1-10,31H,11-12H2,(H,27,32). The molecule has 2 aromatic carbocycles. The number of hydrogen-bond donors (Lipinski definition) is 2. The lowest BCUT2D eigenvalue weighted by molar-refractivity contribution is -0.137. The van der Waals surface area contributed by atoms with E-state index in [4.69, 9.17) is 11.6 Å². The van der Waals surface area contributed by atoms with Crippen molar-refractivity contribution < 1.29 is 23.1 Å². The molecule has 2 aromatic heterocycles. The highest BCUT2D eigenvalue weighted by Gasteiger charge is 2.31. The van der Waals surface area contributed by atoms with Crippen LogP contribution in [0.2, 0.25) is 5.02 Å². The van der Waals surface area contributed by atoms with E-state index in [0.29, 0.717) is 16.8 Å². The molecule has 0 radical (unpaired) electrons. The van der Waals surface area contributed by atoms with E-state index in [1.807, 2.05) is 6.07 Å². The molecule has 11 heteroatoms. The van der Waals surface area contributed by atoms with Crippen molar-refractivity contribution in [3.05, 3.63) is 87.4 Å². The van der Waals surface area contributed by atoms with Crippen LogP contribution in [0.1, 0.15) is 11.1 Å². The molecular weight excluding hydrogens is 461 g/mol. The van der Waals surface area contributed by atoms with Crippen LogP contribution in [0, 0.1) is 0 Å². The fourth-order valence-corrected chi connectivity index (χ4v) is 3.56. The Morgan fingerprint density at radius 3 is 2.52 bits per heavy atom. The number of hydrogen-bond acceptors (Lipinski definition) is 4. The summed E-state index contributed by atoms with van der Waals surface area (Å²) in [4.78, 5) is 25.5. The number of nitrogens with one attached hydrogen (secondary N) is 1. The molecule has 0 bridgehead atoms. The Labute approximate surface area is 189 Å². The lowest BCUT2D eigenvalue weighted by atomic mass is 10.1. The van der Waals surface area contributed by atoms with Gasteiger partial charge in [-0.25, -0.2) is 4.52 Å². The number of rotatable bonds is 5. The summed E-state index contributed by atoms with van der Waals surface area (Å²) < 4.78 is 41.2. The number of aliphatic hydroxyl groups excluding tert-OH is 1. The van der Waals surface area contributed by atoms with Crippen LogP contribution in [0.25, 0.3) is 16.8 Å². The topological polar surface area (TPSA) is 88.6 Å². The molecule has 0 aliphatic carbocycles. The molecule has 2 N–H and O–H groups in total. The van der Waals surface area contributed by atoms with Gasteiger partial charge >= 0.3 is 6.18 Å². The average Bonchev–Trinajstić information content (AvgIpc) is 3.16. The normalized spacial score (nSPS) is 11.7. The highest BCUT2D eigenvalue weighted by Crippen LogP contribution is 2.33. The molecule has 0 unspecified atom stereocenters. The highest BCUT2D eigenvalue weighted by molar-refractivity contribution is 6.33. The van der Waals surface area contributed by atoms with Crippen molar-refractivity contribution in [1.29, 1.82) is 0 Å². The van der Waals surface area contributed by atoms with Gasteiger partial charge in [-0.2, -0.15) is 18.3 Å². The number of alkyl halides is 3. The van der Waals surface area contributed by atoms with Gasteiger partial charge in [0.15, 0.2) is 0 Å². The van der Waals surface area contributed by atoms with E-state index in [2.05, 4.69) is 10.4 Å². The van der Waals surface area contributed by atoms with Crippen LogP contribution in [0.3, 0.4) is 0 Å². The third-order valence-corrected chi connectivity index (χ3v) is 5.28. The van der Waals surface area contributed by atoms with Crippen molar-refractivity contribution in [1.82, 2.24) is 14.2 Å². The lowest BCUT2D eigenvalue weighted by Crippen LogP contribution is -2.28. The van der Waals surface area contributed by atoms with Gasteiger partial charge in [0.25, 0.3) is 5.56 Å². The maximum Gasteiger partial charge on any atom is 0.416 e. The van der Waals surface area contributed by atoms with Crippen LogP contribution < -0.4 is 10.9 Å². The molecule has 0 saturated heterocycles. The van der Waals surface area contributed by atoms with E-state index in [1.54, 1.807) is 24.3 Å². The number of aromatic nitrogens is 3. The quantitative estimate of drug-likeness (QED) is 0.456. The smallest absolute Gasteiger partial charge is 0.392 e. The summed E-state index contributed by atoms with van der Waals surface area (Å²) in [5.74, 6) is -0.754. The zero-order chi connectivity index (χ0) is 23.8. The number of amides is 1. The predicted octanol–water partition coefficient (Wildman–Crippen LogP) is 3.97. The minimum absolute atomic E-state index is 0.0787. The van der Waals surface area contributed by atoms with Crippen molar-refractivity contribution in [2.45, 2.75) is 19.3 Å². The average molecular weight is 477 g/mol. The maximum absolute atomic E-state index is 13.0. The first-order valence-corrected chi connectivity index (χ1v) is 10.0. The Morgan fingerprint density at radius 2 is 1.85 bits per heavy atom. The number of aliphatic hydroxyl groups is 1. The van der Waals surface area contributed by atoms with Gasteiger partial charge in [0.2, 0.25) is 5.91 Å². The van der Waals surface area contributed by atoms with Gasteiger partial charge in [-0.1, -0.05) is 41.9 Å². The van der Waals surface area contributed by atoms with Gasteiger partial charge in [0, 0.05) is 23.5 Å². The second kappa shape index (κ2) is 8.72. The van der Waals surface area contributed by atoms with Gasteiger partial charge in [-0.05, 0) is 18.2 Å². The molecule has 4 rings (SSSR count). The zero-order valence-corrected chi connectivity index (χ0v) is 17.6. The number of fused-ring (bicyclic) bond motifs is 1. The largest absolute Gasteiger partial charge is 0.416 e. The monoisotopic (exact) mass is 476 g/mol. The molecule has 0 atom stereocenters. The number of benzene rings is 2. The molecule has 170 valence electrons. The summed E-state index contributed by atoms with van der Waals surface area (Å²) >= 11 is 5.91. The van der Waals surface area contributed by atoms with Gasteiger partial charge in [0.05, 0.1) is 28.6 Å². The van der Waals surface area contributed by atoms with Gasteiger partial charge in [-0.3, -0.25) is 9.59 Å². The first-order chi connectivity index (χ1) is 15.7. The fourth-order valence-electron chi connectivity index (χ4n) is 3.39. The lowest BCUT2D eigenvalue weighted by Gasteiger charge is -2.12. The SMILES string of the molecule is O=C(Cn1ccn2nc(-c3ccccc3)c(CO)c2c1=O)Nc1cc(C(F)(F)F)ccc1Cl. The second-order valence-electron chi connectivity index (χ2n) is 7.12. The van der Waals surface area contributed by atoms with Crippen LogP contribution in [0.15, 0.2) is 65.7 Å². The third kappa shape index (κ3) is 4.48. The summed E-state index contributed by atoms with van der Waals surface area (Å²) in [6, 6.07) is 11.5. The molecule has 7 nitrogen and oxygen atoms in total. The molecule has 4 aromatic rings. The minimum atomic E-state index is -4.61. The first-order valence-electron chi connectivity index (χ1n) is 9.62. The van der Waals surface area contributed by atoms with Crippen molar-refractivity contribution in [3.8, 4) is 11.3 Å². The zero-order valence-electron chi connectivity index (χ0n) is 16.8. The molecule has 0 spiro atoms. The van der Waals surface area contributed by atoms with Gasteiger partial charge in [0.1, 0.15) is 12.1 Å². The second-order valence-corrected chi connectivity index (χ2v) is 7.52. The van der Waals surface area contributed by atoms with Crippen LogP contribution in [-0.2, 0) is 24.1 Å². The van der Waals surface area contributed by atoms with Gasteiger partial charge < -0.3 is 15.0 Å². The van der Waals surface area contributed by atoms with E-state index in [-0.39, 0.29) is 16.2 Å². The van der Waals surface area contributed by atoms with E-state index < -0.39 is 36.4 Å². The molecule has 0 fully saturated rings. The molecule has 0 saturated carbocycles. The first kappa shape index (κ1) is 22.6. The highest BCUT2D eigenvalue weighted by atomic mass is 35.5. The fraction of sp³-hybridized carbons (Fsp3) is 0.136. The number of anilines is 1. The summed E-state index contributed by atoms with van der Waals surface area (Å²) in [5, 5.41) is 16.5. The summed E-state index contributed by atoms with van der Waals surface area (Å²) in [7, 11) is 0. The number of nitrogens with zero attached hydrogens (tertiary/aromatic N) is 3. The maximum atomic E-state index is 13.0. The molecule has 0 aliphatic heterocycles. The van der Waals surface area contributed by atoms with Crippen molar-refractivity contribution in [2.75, 3.05) is 5.32 Å². The Bertz CT molecular complexity index is 1400. The van der Waals surface area contributed by atoms with Crippen molar-refractivity contribution in [3.63, 3.8) is 0 Å². The molecule has 1 amide bonds. The van der Waals surface area contributed by atoms with Crippen LogP contribution in [0.4, 0.5) is 18.9 Å². The summed E-state index contributed by atoms with van der Waals surface area (Å²) in [5.41, 5.74) is -0.285. The third-order valence-electron chi connectivity index (χ3n) is 4.95. The molecule has 33 heavy (non-hydrogen) atoms. The number of carbonyl (C=O) groups is 1. The number of halogens is 4. The van der Waals surface area contributed by atoms with Crippen LogP contribution >= 0.6 is 11.6 Å². The van der Waals surface area contributed by atoms with Crippen molar-refractivity contribution in [2.24, 2.45) is 0 Å². The van der Waals surface area contributed by atoms with E-state index >= 15 is 0 Å².